The zero-order chi connectivity index (χ0) is 15.6. The molecule has 22 heavy (non-hydrogen) atoms. The number of nitrogens with one attached hydrogen (secondary N) is 1. The smallest absolute Gasteiger partial charge is 0.406 e. The van der Waals surface area contributed by atoms with Gasteiger partial charge in [-0.3, -0.25) is 0 Å². The number of hydrogen-bond acceptors (Lipinski definition) is 4. The van der Waals surface area contributed by atoms with Crippen LogP contribution in [-0.2, 0) is 6.54 Å². The van der Waals surface area contributed by atoms with Crippen LogP contribution in [0.4, 0.5) is 13.2 Å². The van der Waals surface area contributed by atoms with E-state index < -0.39 is 6.36 Å². The lowest BCUT2D eigenvalue weighted by Gasteiger charge is -2.26. The lowest BCUT2D eigenvalue weighted by atomic mass is 9.93. The van der Waals surface area contributed by atoms with Gasteiger partial charge in [0.2, 0.25) is 0 Å². The third kappa shape index (κ3) is 3.98. The van der Waals surface area contributed by atoms with Crippen LogP contribution in [0.15, 0.2) is 30.5 Å². The second-order valence-corrected chi connectivity index (χ2v) is 6.33. The van der Waals surface area contributed by atoms with Crippen LogP contribution in [0.25, 0.3) is 10.6 Å². The molecule has 2 aromatic rings. The lowest BCUT2D eigenvalue weighted by molar-refractivity contribution is -0.274. The van der Waals surface area contributed by atoms with E-state index in [2.05, 4.69) is 15.0 Å². The number of alkyl halides is 3. The second kappa shape index (κ2) is 6.26. The Morgan fingerprint density at radius 3 is 2.55 bits per heavy atom. The molecule has 0 radical (unpaired) electrons. The van der Waals surface area contributed by atoms with E-state index in [1.54, 1.807) is 23.5 Å². The first-order valence-corrected chi connectivity index (χ1v) is 7.85. The first-order valence-electron chi connectivity index (χ1n) is 7.04. The van der Waals surface area contributed by atoms with E-state index in [4.69, 9.17) is 0 Å². The fourth-order valence-corrected chi connectivity index (χ4v) is 3.05. The zero-order valence-electron chi connectivity index (χ0n) is 11.7. The van der Waals surface area contributed by atoms with Crippen LogP contribution in [0.5, 0.6) is 5.75 Å². The van der Waals surface area contributed by atoms with Gasteiger partial charge in [-0.05, 0) is 37.1 Å². The summed E-state index contributed by atoms with van der Waals surface area (Å²) in [4.78, 5) is 5.45. The van der Waals surface area contributed by atoms with Crippen molar-refractivity contribution in [1.82, 2.24) is 10.3 Å². The summed E-state index contributed by atoms with van der Waals surface area (Å²) in [6, 6.07) is 6.39. The van der Waals surface area contributed by atoms with Crippen LogP contribution in [0.2, 0.25) is 0 Å². The van der Waals surface area contributed by atoms with Gasteiger partial charge in [-0.25, -0.2) is 4.98 Å². The number of hydrogen-bond donors (Lipinski definition) is 1. The largest absolute Gasteiger partial charge is 0.573 e. The molecule has 1 heterocycles. The van der Waals surface area contributed by atoms with Crippen molar-refractivity contribution >= 4 is 11.3 Å². The van der Waals surface area contributed by atoms with Crippen LogP contribution < -0.4 is 10.1 Å². The normalized spacial score (nSPS) is 15.6. The van der Waals surface area contributed by atoms with Gasteiger partial charge in [0.05, 0.1) is 0 Å². The van der Waals surface area contributed by atoms with Crippen molar-refractivity contribution < 1.29 is 17.9 Å². The molecule has 3 nitrogen and oxygen atoms in total. The van der Waals surface area contributed by atoms with E-state index in [0.717, 1.165) is 22.0 Å². The zero-order valence-corrected chi connectivity index (χ0v) is 12.5. The van der Waals surface area contributed by atoms with Gasteiger partial charge < -0.3 is 10.1 Å². The van der Waals surface area contributed by atoms with Crippen molar-refractivity contribution in [1.29, 1.82) is 0 Å². The number of benzene rings is 1. The van der Waals surface area contributed by atoms with E-state index in [1.807, 2.05) is 6.20 Å². The summed E-state index contributed by atoms with van der Waals surface area (Å²) in [7, 11) is 0. The molecule has 0 atom stereocenters. The number of halogens is 3. The molecule has 1 aromatic heterocycles. The average molecular weight is 328 g/mol. The van der Waals surface area contributed by atoms with E-state index in [1.165, 1.54) is 31.4 Å². The predicted molar refractivity (Wildman–Crippen MR) is 78.7 cm³/mol. The van der Waals surface area contributed by atoms with Crippen LogP contribution in [-0.4, -0.2) is 17.4 Å². The molecule has 0 saturated heterocycles. The molecular formula is C15H15F3N2OS. The third-order valence-electron chi connectivity index (χ3n) is 3.56. The van der Waals surface area contributed by atoms with E-state index >= 15 is 0 Å². The molecular weight excluding hydrogens is 313 g/mol. The number of thiazole rings is 1. The summed E-state index contributed by atoms with van der Waals surface area (Å²) in [5, 5.41) is 4.26. The molecule has 1 saturated carbocycles. The topological polar surface area (TPSA) is 34.1 Å². The number of nitrogens with zero attached hydrogens (tertiary/aromatic N) is 1. The Bertz CT molecular complexity index is 620. The maximum atomic E-state index is 12.1. The fraction of sp³-hybridized carbons (Fsp3) is 0.400. The predicted octanol–water partition coefficient (Wildman–Crippen LogP) is 4.35. The van der Waals surface area contributed by atoms with E-state index in [9.17, 15) is 13.2 Å². The quantitative estimate of drug-likeness (QED) is 0.886. The van der Waals surface area contributed by atoms with Gasteiger partial charge in [-0.1, -0.05) is 6.42 Å². The minimum absolute atomic E-state index is 0.223. The summed E-state index contributed by atoms with van der Waals surface area (Å²) in [6.07, 6.45) is 0.894. The van der Waals surface area contributed by atoms with Gasteiger partial charge in [0.1, 0.15) is 10.8 Å². The highest BCUT2D eigenvalue weighted by Crippen LogP contribution is 2.29. The minimum atomic E-state index is -4.66. The van der Waals surface area contributed by atoms with Crippen molar-refractivity contribution in [2.45, 2.75) is 38.2 Å². The lowest BCUT2D eigenvalue weighted by Crippen LogP contribution is -2.34. The van der Waals surface area contributed by atoms with Crippen molar-refractivity contribution in [3.63, 3.8) is 0 Å². The first-order chi connectivity index (χ1) is 10.5. The summed E-state index contributed by atoms with van der Waals surface area (Å²) in [6.45, 7) is 0.789. The summed E-state index contributed by atoms with van der Waals surface area (Å²) < 4.78 is 40.2. The molecule has 0 bridgehead atoms. The van der Waals surface area contributed by atoms with Gasteiger partial charge in [0.15, 0.2) is 0 Å². The summed E-state index contributed by atoms with van der Waals surface area (Å²) in [5.74, 6) is -0.223. The molecule has 0 amide bonds. The first kappa shape index (κ1) is 15.3. The standard InChI is InChI=1S/C15H15F3N2OS/c16-15(17,18)21-12-6-4-10(5-7-12)14-20-9-13(22-14)8-19-11-2-1-3-11/h4-7,9,11,19H,1-3,8H2. The van der Waals surface area contributed by atoms with Gasteiger partial charge in [0, 0.05) is 29.2 Å². The Kier molecular flexibility index (Phi) is 4.35. The molecule has 1 N–H and O–H groups in total. The maximum Gasteiger partial charge on any atom is 0.573 e. The minimum Gasteiger partial charge on any atom is -0.406 e. The Morgan fingerprint density at radius 2 is 1.95 bits per heavy atom. The van der Waals surface area contributed by atoms with Crippen molar-refractivity contribution in [3.8, 4) is 16.3 Å². The highest BCUT2D eigenvalue weighted by molar-refractivity contribution is 7.15. The fourth-order valence-electron chi connectivity index (χ4n) is 2.18. The molecule has 1 aliphatic rings. The molecule has 0 spiro atoms. The summed E-state index contributed by atoms with van der Waals surface area (Å²) >= 11 is 1.54. The second-order valence-electron chi connectivity index (χ2n) is 5.21. The van der Waals surface area contributed by atoms with Gasteiger partial charge >= 0.3 is 6.36 Å². The van der Waals surface area contributed by atoms with Gasteiger partial charge in [-0.15, -0.1) is 24.5 Å². The van der Waals surface area contributed by atoms with Crippen LogP contribution in [0, 0.1) is 0 Å². The highest BCUT2D eigenvalue weighted by Gasteiger charge is 2.31. The SMILES string of the molecule is FC(F)(F)Oc1ccc(-c2ncc(CNC3CCC3)s2)cc1. The van der Waals surface area contributed by atoms with Crippen molar-refractivity contribution in [3.05, 3.63) is 35.3 Å². The van der Waals surface area contributed by atoms with Crippen molar-refractivity contribution in [2.24, 2.45) is 0 Å². The molecule has 1 fully saturated rings. The molecule has 7 heteroatoms. The number of aromatic nitrogens is 1. The van der Waals surface area contributed by atoms with Gasteiger partial charge in [0.25, 0.3) is 0 Å². The van der Waals surface area contributed by atoms with Crippen LogP contribution >= 0.6 is 11.3 Å². The molecule has 0 unspecified atom stereocenters. The Labute approximate surface area is 130 Å². The Balaban J connectivity index is 1.62. The molecule has 0 aliphatic heterocycles. The number of ether oxygens (including phenoxy) is 1. The average Bonchev–Trinajstić information content (AvgIpc) is 2.85. The monoisotopic (exact) mass is 328 g/mol. The summed E-state index contributed by atoms with van der Waals surface area (Å²) in [5.41, 5.74) is 0.786. The molecule has 118 valence electrons. The Hall–Kier alpha value is -1.60. The molecule has 1 aromatic carbocycles. The highest BCUT2D eigenvalue weighted by atomic mass is 32.1. The van der Waals surface area contributed by atoms with Crippen LogP contribution in [0.3, 0.4) is 0 Å². The molecule has 1 aliphatic carbocycles. The van der Waals surface area contributed by atoms with E-state index in [-0.39, 0.29) is 5.75 Å². The van der Waals surface area contributed by atoms with Gasteiger partial charge in [-0.2, -0.15) is 0 Å². The molecule has 3 rings (SSSR count). The maximum absolute atomic E-state index is 12.1. The Morgan fingerprint density at radius 1 is 1.23 bits per heavy atom. The van der Waals surface area contributed by atoms with Crippen LogP contribution in [0.1, 0.15) is 24.1 Å². The van der Waals surface area contributed by atoms with Crippen molar-refractivity contribution in [2.75, 3.05) is 0 Å². The van der Waals surface area contributed by atoms with E-state index in [0.29, 0.717) is 6.04 Å². The third-order valence-corrected chi connectivity index (χ3v) is 4.60. The number of rotatable bonds is 5.